The second kappa shape index (κ2) is 8.84. The number of carbonyl (C=O) groups is 2. The Morgan fingerprint density at radius 3 is 2.08 bits per heavy atom. The lowest BCUT2D eigenvalue weighted by Crippen LogP contribution is -2.47. The topological polar surface area (TPSA) is 72.6 Å². The van der Waals surface area contributed by atoms with E-state index in [4.69, 9.17) is 10.5 Å². The molecule has 126 valence electrons. The van der Waals surface area contributed by atoms with Gasteiger partial charge >= 0.3 is 6.09 Å². The van der Waals surface area contributed by atoms with E-state index in [1.165, 1.54) is 0 Å². The Bertz CT molecular complexity index is 659. The van der Waals surface area contributed by atoms with E-state index >= 15 is 0 Å². The number of ether oxygens (including phenoxy) is 1. The fourth-order valence-electron chi connectivity index (χ4n) is 2.33. The highest BCUT2D eigenvalue weighted by molar-refractivity contribution is 5.95. The molecule has 0 aromatic heterocycles. The van der Waals surface area contributed by atoms with Crippen LogP contribution in [-0.2, 0) is 22.6 Å². The Morgan fingerprint density at radius 2 is 1.54 bits per heavy atom. The summed E-state index contributed by atoms with van der Waals surface area (Å²) in [6.07, 6.45) is -0.294. The van der Waals surface area contributed by atoms with Crippen LogP contribution in [0.1, 0.15) is 18.1 Å². The SMILES string of the molecule is CCN(C(=O)OCc1ccccc1)C(=O)C(N)Cc1ccccc1. The Morgan fingerprint density at radius 1 is 1.00 bits per heavy atom. The first kappa shape index (κ1) is 17.7. The summed E-state index contributed by atoms with van der Waals surface area (Å²) in [5.41, 5.74) is 7.79. The van der Waals surface area contributed by atoms with Crippen LogP contribution >= 0.6 is 0 Å². The lowest BCUT2D eigenvalue weighted by molar-refractivity contribution is -0.130. The van der Waals surface area contributed by atoms with E-state index in [2.05, 4.69) is 0 Å². The predicted octanol–water partition coefficient (Wildman–Crippen LogP) is 2.74. The molecule has 2 aromatic rings. The van der Waals surface area contributed by atoms with Gasteiger partial charge in [0.25, 0.3) is 0 Å². The number of hydrogen-bond donors (Lipinski definition) is 1. The third-order valence-corrected chi connectivity index (χ3v) is 3.62. The molecule has 2 aromatic carbocycles. The van der Waals surface area contributed by atoms with Crippen molar-refractivity contribution in [3.05, 3.63) is 71.8 Å². The number of carbonyl (C=O) groups excluding carboxylic acids is 2. The zero-order valence-electron chi connectivity index (χ0n) is 13.7. The van der Waals surface area contributed by atoms with E-state index in [-0.39, 0.29) is 13.2 Å². The van der Waals surface area contributed by atoms with Crippen molar-refractivity contribution in [2.24, 2.45) is 5.73 Å². The Kier molecular flexibility index (Phi) is 6.51. The number of nitrogens with two attached hydrogens (primary N) is 1. The van der Waals surface area contributed by atoms with Crippen LogP contribution in [-0.4, -0.2) is 29.5 Å². The molecule has 1 atom stereocenters. The van der Waals surface area contributed by atoms with Gasteiger partial charge in [-0.25, -0.2) is 9.69 Å². The molecule has 2 N–H and O–H groups in total. The summed E-state index contributed by atoms with van der Waals surface area (Å²) >= 11 is 0. The number of nitrogens with zero attached hydrogens (tertiary/aromatic N) is 1. The largest absolute Gasteiger partial charge is 0.444 e. The molecule has 5 heteroatoms. The minimum Gasteiger partial charge on any atom is -0.444 e. The molecule has 0 saturated heterocycles. The van der Waals surface area contributed by atoms with E-state index < -0.39 is 18.0 Å². The zero-order valence-corrected chi connectivity index (χ0v) is 13.7. The highest BCUT2D eigenvalue weighted by atomic mass is 16.6. The maximum absolute atomic E-state index is 12.4. The van der Waals surface area contributed by atoms with Gasteiger partial charge in [-0.3, -0.25) is 4.79 Å². The van der Waals surface area contributed by atoms with Gasteiger partial charge in [-0.05, 0) is 24.5 Å². The van der Waals surface area contributed by atoms with Gasteiger partial charge in [0.05, 0.1) is 6.04 Å². The summed E-state index contributed by atoms with van der Waals surface area (Å²) < 4.78 is 5.21. The fourth-order valence-corrected chi connectivity index (χ4v) is 2.33. The van der Waals surface area contributed by atoms with Gasteiger partial charge in [0, 0.05) is 6.54 Å². The molecule has 2 rings (SSSR count). The van der Waals surface area contributed by atoms with Crippen LogP contribution in [0.15, 0.2) is 60.7 Å². The second-order valence-corrected chi connectivity index (χ2v) is 5.42. The van der Waals surface area contributed by atoms with Gasteiger partial charge < -0.3 is 10.5 Å². The molecule has 0 fully saturated rings. The first-order chi connectivity index (χ1) is 11.6. The van der Waals surface area contributed by atoms with Crippen molar-refractivity contribution in [2.45, 2.75) is 26.0 Å². The normalized spacial score (nSPS) is 11.6. The molecule has 0 aliphatic heterocycles. The molecule has 2 amide bonds. The first-order valence-corrected chi connectivity index (χ1v) is 7.93. The Balaban J connectivity index is 1.93. The average molecular weight is 326 g/mol. The minimum atomic E-state index is -0.781. The van der Waals surface area contributed by atoms with E-state index in [1.807, 2.05) is 60.7 Å². The summed E-state index contributed by atoms with van der Waals surface area (Å²) in [4.78, 5) is 25.7. The van der Waals surface area contributed by atoms with Gasteiger partial charge in [0.2, 0.25) is 5.91 Å². The number of rotatable bonds is 6. The number of amides is 2. The van der Waals surface area contributed by atoms with E-state index in [1.54, 1.807) is 6.92 Å². The summed E-state index contributed by atoms with van der Waals surface area (Å²) in [7, 11) is 0. The van der Waals surface area contributed by atoms with Crippen LogP contribution in [0.5, 0.6) is 0 Å². The molecule has 0 spiro atoms. The van der Waals surface area contributed by atoms with Gasteiger partial charge in [0.1, 0.15) is 6.61 Å². The number of likely N-dealkylation sites (N-methyl/N-ethyl adjacent to an activating group) is 1. The molecule has 24 heavy (non-hydrogen) atoms. The third kappa shape index (κ3) is 4.93. The van der Waals surface area contributed by atoms with Crippen molar-refractivity contribution in [1.29, 1.82) is 0 Å². The van der Waals surface area contributed by atoms with Crippen molar-refractivity contribution in [3.63, 3.8) is 0 Å². The first-order valence-electron chi connectivity index (χ1n) is 7.93. The monoisotopic (exact) mass is 326 g/mol. The summed E-state index contributed by atoms with van der Waals surface area (Å²) in [5, 5.41) is 0. The lowest BCUT2D eigenvalue weighted by atomic mass is 10.1. The van der Waals surface area contributed by atoms with Crippen molar-refractivity contribution in [2.75, 3.05) is 6.54 Å². The number of hydrogen-bond acceptors (Lipinski definition) is 4. The molecule has 0 saturated carbocycles. The van der Waals surface area contributed by atoms with Crippen LogP contribution in [0.2, 0.25) is 0 Å². The molecule has 0 aliphatic carbocycles. The van der Waals surface area contributed by atoms with Crippen LogP contribution in [0.4, 0.5) is 4.79 Å². The lowest BCUT2D eigenvalue weighted by Gasteiger charge is -2.22. The van der Waals surface area contributed by atoms with Gasteiger partial charge in [0.15, 0.2) is 0 Å². The van der Waals surface area contributed by atoms with E-state index in [0.717, 1.165) is 16.0 Å². The van der Waals surface area contributed by atoms with Crippen LogP contribution in [0, 0.1) is 0 Å². The Labute approximate surface area is 142 Å². The summed E-state index contributed by atoms with van der Waals surface area (Å²) in [6.45, 7) is 2.06. The van der Waals surface area contributed by atoms with Crippen molar-refractivity contribution < 1.29 is 14.3 Å². The highest BCUT2D eigenvalue weighted by Gasteiger charge is 2.26. The smallest absolute Gasteiger partial charge is 0.416 e. The third-order valence-electron chi connectivity index (χ3n) is 3.62. The predicted molar refractivity (Wildman–Crippen MR) is 92.1 cm³/mol. The van der Waals surface area contributed by atoms with Crippen LogP contribution in [0.25, 0.3) is 0 Å². The summed E-state index contributed by atoms with van der Waals surface area (Å²) in [5.74, 6) is -0.431. The highest BCUT2D eigenvalue weighted by Crippen LogP contribution is 2.07. The molecule has 5 nitrogen and oxygen atoms in total. The fraction of sp³-hybridized carbons (Fsp3) is 0.263. The standard InChI is InChI=1S/C19H22N2O3/c1-2-21(19(23)24-14-16-11-7-4-8-12-16)18(22)17(20)13-15-9-5-3-6-10-15/h3-12,17H,2,13-14,20H2,1H3. The maximum Gasteiger partial charge on any atom is 0.416 e. The maximum atomic E-state index is 12.4. The molecule has 0 heterocycles. The molecular formula is C19H22N2O3. The van der Waals surface area contributed by atoms with Crippen molar-refractivity contribution in [3.8, 4) is 0 Å². The van der Waals surface area contributed by atoms with Gasteiger partial charge in [-0.2, -0.15) is 0 Å². The van der Waals surface area contributed by atoms with Crippen molar-refractivity contribution >= 4 is 12.0 Å². The number of imide groups is 1. The molecule has 0 aliphatic rings. The minimum absolute atomic E-state index is 0.122. The van der Waals surface area contributed by atoms with Crippen LogP contribution in [0.3, 0.4) is 0 Å². The quantitative estimate of drug-likeness (QED) is 0.886. The molecule has 0 bridgehead atoms. The second-order valence-electron chi connectivity index (χ2n) is 5.42. The zero-order chi connectivity index (χ0) is 17.4. The van der Waals surface area contributed by atoms with Gasteiger partial charge in [-0.1, -0.05) is 60.7 Å². The number of benzene rings is 2. The molecule has 1 unspecified atom stereocenters. The van der Waals surface area contributed by atoms with Crippen molar-refractivity contribution in [1.82, 2.24) is 4.90 Å². The Hall–Kier alpha value is -2.66. The average Bonchev–Trinajstić information content (AvgIpc) is 2.62. The van der Waals surface area contributed by atoms with E-state index in [0.29, 0.717) is 6.42 Å². The van der Waals surface area contributed by atoms with E-state index in [9.17, 15) is 9.59 Å². The molecule has 0 radical (unpaired) electrons. The van der Waals surface area contributed by atoms with Crippen LogP contribution < -0.4 is 5.73 Å². The molecular weight excluding hydrogens is 304 g/mol. The van der Waals surface area contributed by atoms with Gasteiger partial charge in [-0.15, -0.1) is 0 Å². The summed E-state index contributed by atoms with van der Waals surface area (Å²) in [6, 6.07) is 18.0.